The molecule has 4 nitrogen and oxygen atoms in total. The highest BCUT2D eigenvalue weighted by molar-refractivity contribution is 5.31. The second-order valence-corrected chi connectivity index (χ2v) is 4.58. The first-order valence-electron chi connectivity index (χ1n) is 7.16. The molecule has 0 aromatic heterocycles. The summed E-state index contributed by atoms with van der Waals surface area (Å²) in [6.45, 7) is 6.90. The second-order valence-electron chi connectivity index (χ2n) is 4.58. The topological polar surface area (TPSA) is 54.3 Å². The Labute approximate surface area is 121 Å². The highest BCUT2D eigenvalue weighted by atomic mass is 16.5. The third-order valence-corrected chi connectivity index (χ3v) is 2.98. The van der Waals surface area contributed by atoms with Gasteiger partial charge < -0.3 is 9.47 Å². The number of nitriles is 1. The lowest BCUT2D eigenvalue weighted by Crippen LogP contribution is -2.45. The Hall–Kier alpha value is -1.41. The summed E-state index contributed by atoms with van der Waals surface area (Å²) in [5.74, 6) is 0. The van der Waals surface area contributed by atoms with Gasteiger partial charge in [-0.05, 0) is 18.5 Å². The van der Waals surface area contributed by atoms with Crippen LogP contribution in [0, 0.1) is 11.3 Å². The van der Waals surface area contributed by atoms with Crippen molar-refractivity contribution in [2.45, 2.75) is 25.8 Å². The van der Waals surface area contributed by atoms with Gasteiger partial charge in [-0.3, -0.25) is 5.32 Å². The molecule has 20 heavy (non-hydrogen) atoms. The predicted molar refractivity (Wildman–Crippen MR) is 79.3 cm³/mol. The zero-order valence-electron chi connectivity index (χ0n) is 12.4. The van der Waals surface area contributed by atoms with Gasteiger partial charge in [-0.2, -0.15) is 5.26 Å². The number of nitrogens with one attached hydrogen (secondary N) is 1. The van der Waals surface area contributed by atoms with Gasteiger partial charge in [0.05, 0.1) is 25.9 Å². The van der Waals surface area contributed by atoms with E-state index in [9.17, 15) is 5.26 Å². The normalized spacial score (nSPS) is 13.7. The minimum Gasteiger partial charge on any atom is -0.379 e. The van der Waals surface area contributed by atoms with Crippen LogP contribution in [0.25, 0.3) is 0 Å². The summed E-state index contributed by atoms with van der Waals surface area (Å²) in [6, 6.07) is 12.1. The summed E-state index contributed by atoms with van der Waals surface area (Å²) < 4.78 is 11.0. The Morgan fingerprint density at radius 3 is 2.40 bits per heavy atom. The van der Waals surface area contributed by atoms with Crippen LogP contribution in [0.3, 0.4) is 0 Å². The van der Waals surface area contributed by atoms with E-state index in [0.717, 1.165) is 18.6 Å². The molecule has 0 amide bonds. The fraction of sp³-hybridized carbons (Fsp3) is 0.562. The summed E-state index contributed by atoms with van der Waals surface area (Å²) in [7, 11) is 0. The second kappa shape index (κ2) is 9.49. The number of ether oxygens (including phenoxy) is 2. The fourth-order valence-electron chi connectivity index (χ4n) is 1.99. The molecule has 0 spiro atoms. The van der Waals surface area contributed by atoms with Crippen LogP contribution in [0.2, 0.25) is 0 Å². The Morgan fingerprint density at radius 1 is 1.10 bits per heavy atom. The molecule has 1 unspecified atom stereocenters. The van der Waals surface area contributed by atoms with Gasteiger partial charge >= 0.3 is 0 Å². The summed E-state index contributed by atoms with van der Waals surface area (Å²) in [5.41, 5.74) is 0.139. The molecule has 0 aliphatic carbocycles. The number of hydrogen-bond acceptors (Lipinski definition) is 4. The van der Waals surface area contributed by atoms with E-state index in [4.69, 9.17) is 9.47 Å². The molecule has 1 atom stereocenters. The minimum atomic E-state index is -0.791. The van der Waals surface area contributed by atoms with Crippen LogP contribution in [-0.4, -0.2) is 33.0 Å². The van der Waals surface area contributed by atoms with Crippen LogP contribution >= 0.6 is 0 Å². The maximum atomic E-state index is 9.58. The fourth-order valence-corrected chi connectivity index (χ4v) is 1.99. The molecule has 0 saturated heterocycles. The molecular formula is C16H24N2O2. The van der Waals surface area contributed by atoms with Crippen molar-refractivity contribution >= 4 is 0 Å². The van der Waals surface area contributed by atoms with Gasteiger partial charge in [0, 0.05) is 6.61 Å². The van der Waals surface area contributed by atoms with Crippen LogP contribution in [0.5, 0.6) is 0 Å². The van der Waals surface area contributed by atoms with Crippen LogP contribution < -0.4 is 5.32 Å². The average Bonchev–Trinajstić information content (AvgIpc) is 2.50. The van der Waals surface area contributed by atoms with Gasteiger partial charge in [0.2, 0.25) is 0 Å². The number of nitrogens with zero attached hydrogens (tertiary/aromatic N) is 1. The van der Waals surface area contributed by atoms with Crippen molar-refractivity contribution in [1.82, 2.24) is 5.32 Å². The van der Waals surface area contributed by atoms with E-state index in [1.54, 1.807) is 0 Å². The highest BCUT2D eigenvalue weighted by Crippen LogP contribution is 2.20. The summed E-state index contributed by atoms with van der Waals surface area (Å²) in [6.07, 6.45) is 1.00. The molecule has 0 heterocycles. The number of rotatable bonds is 10. The van der Waals surface area contributed by atoms with Crippen molar-refractivity contribution in [3.63, 3.8) is 0 Å². The first kappa shape index (κ1) is 16.6. The van der Waals surface area contributed by atoms with Gasteiger partial charge in [-0.1, -0.05) is 44.2 Å². The predicted octanol–water partition coefficient (Wildman–Crippen LogP) is 2.46. The quantitative estimate of drug-likeness (QED) is 0.667. The van der Waals surface area contributed by atoms with E-state index in [-0.39, 0.29) is 0 Å². The standard InChI is InChI=1S/C16H24N2O2/c1-3-10-19-11-12-20-14-16(13-17,18-4-2)15-8-6-5-7-9-15/h5-9,18H,3-4,10-12,14H2,1-2H3. The van der Waals surface area contributed by atoms with E-state index in [2.05, 4.69) is 18.3 Å². The Bertz CT molecular complexity index is 403. The largest absolute Gasteiger partial charge is 0.379 e. The molecule has 1 rings (SSSR count). The molecule has 0 aliphatic rings. The first-order chi connectivity index (χ1) is 9.79. The summed E-state index contributed by atoms with van der Waals surface area (Å²) in [5, 5.41) is 12.8. The summed E-state index contributed by atoms with van der Waals surface area (Å²) in [4.78, 5) is 0. The van der Waals surface area contributed by atoms with Crippen LogP contribution in [0.15, 0.2) is 30.3 Å². The molecule has 0 bridgehead atoms. The number of likely N-dealkylation sites (N-methyl/N-ethyl adjacent to an activating group) is 1. The van der Waals surface area contributed by atoms with E-state index < -0.39 is 5.54 Å². The Balaban J connectivity index is 2.59. The molecule has 1 aromatic rings. The van der Waals surface area contributed by atoms with E-state index in [1.165, 1.54) is 0 Å². The van der Waals surface area contributed by atoms with Crippen LogP contribution in [0.1, 0.15) is 25.8 Å². The maximum Gasteiger partial charge on any atom is 0.155 e. The first-order valence-corrected chi connectivity index (χ1v) is 7.16. The third-order valence-electron chi connectivity index (χ3n) is 2.98. The molecule has 0 saturated carbocycles. The van der Waals surface area contributed by atoms with Crippen molar-refractivity contribution in [3.8, 4) is 6.07 Å². The lowest BCUT2D eigenvalue weighted by molar-refractivity contribution is 0.0292. The van der Waals surface area contributed by atoms with Gasteiger partial charge in [0.15, 0.2) is 5.54 Å². The van der Waals surface area contributed by atoms with Crippen molar-refractivity contribution in [1.29, 1.82) is 5.26 Å². The monoisotopic (exact) mass is 276 g/mol. The third kappa shape index (κ3) is 4.93. The van der Waals surface area contributed by atoms with E-state index in [1.807, 2.05) is 37.3 Å². The molecule has 0 aliphatic heterocycles. The number of benzene rings is 1. The van der Waals surface area contributed by atoms with Crippen LogP contribution in [-0.2, 0) is 15.0 Å². The molecule has 0 radical (unpaired) electrons. The lowest BCUT2D eigenvalue weighted by atomic mass is 9.92. The molecule has 4 heteroatoms. The average molecular weight is 276 g/mol. The molecule has 1 aromatic carbocycles. The smallest absolute Gasteiger partial charge is 0.155 e. The summed E-state index contributed by atoms with van der Waals surface area (Å²) >= 11 is 0. The zero-order chi connectivity index (χ0) is 14.7. The van der Waals surface area contributed by atoms with Crippen molar-refractivity contribution < 1.29 is 9.47 Å². The van der Waals surface area contributed by atoms with E-state index in [0.29, 0.717) is 26.4 Å². The highest BCUT2D eigenvalue weighted by Gasteiger charge is 2.31. The molecule has 110 valence electrons. The number of hydrogen-bond donors (Lipinski definition) is 1. The Morgan fingerprint density at radius 2 is 1.80 bits per heavy atom. The SMILES string of the molecule is CCCOCCOCC(C#N)(NCC)c1ccccc1. The van der Waals surface area contributed by atoms with Gasteiger partial charge in [0.1, 0.15) is 0 Å². The molecule has 1 N–H and O–H groups in total. The van der Waals surface area contributed by atoms with E-state index >= 15 is 0 Å². The molecule has 0 fully saturated rings. The van der Waals surface area contributed by atoms with Crippen molar-refractivity contribution in [2.24, 2.45) is 0 Å². The Kier molecular flexibility index (Phi) is 7.89. The van der Waals surface area contributed by atoms with Gasteiger partial charge in [-0.15, -0.1) is 0 Å². The van der Waals surface area contributed by atoms with Crippen LogP contribution in [0.4, 0.5) is 0 Å². The van der Waals surface area contributed by atoms with Gasteiger partial charge in [-0.25, -0.2) is 0 Å². The lowest BCUT2D eigenvalue weighted by Gasteiger charge is -2.27. The van der Waals surface area contributed by atoms with Crippen molar-refractivity contribution in [3.05, 3.63) is 35.9 Å². The molecular weight excluding hydrogens is 252 g/mol. The van der Waals surface area contributed by atoms with Crippen molar-refractivity contribution in [2.75, 3.05) is 33.0 Å². The van der Waals surface area contributed by atoms with Gasteiger partial charge in [0.25, 0.3) is 0 Å². The maximum absolute atomic E-state index is 9.58. The minimum absolute atomic E-state index is 0.316. The zero-order valence-corrected chi connectivity index (χ0v) is 12.4.